The van der Waals surface area contributed by atoms with Gasteiger partial charge in [0.25, 0.3) is 5.91 Å². The second kappa shape index (κ2) is 9.43. The van der Waals surface area contributed by atoms with E-state index in [1.807, 2.05) is 39.9 Å². The summed E-state index contributed by atoms with van der Waals surface area (Å²) in [5.74, 6) is -0.0563. The van der Waals surface area contributed by atoms with Crippen molar-refractivity contribution in [2.75, 3.05) is 19.6 Å². The number of rotatable bonds is 6. The Kier molecular flexibility index (Phi) is 6.65. The summed E-state index contributed by atoms with van der Waals surface area (Å²) in [7, 11) is 0. The van der Waals surface area contributed by atoms with Crippen LogP contribution in [-0.2, 0) is 4.79 Å². The third-order valence-corrected chi connectivity index (χ3v) is 6.75. The first kappa shape index (κ1) is 21.9. The number of likely N-dealkylation sites (tertiary alicyclic amines) is 1. The van der Waals surface area contributed by atoms with Crippen molar-refractivity contribution in [3.05, 3.63) is 41.0 Å². The maximum absolute atomic E-state index is 13.3. The van der Waals surface area contributed by atoms with Gasteiger partial charge in [0.2, 0.25) is 5.91 Å². The monoisotopic (exact) mass is 442 g/mol. The first-order chi connectivity index (χ1) is 15.0. The highest BCUT2D eigenvalue weighted by atomic mass is 35.5. The Morgan fingerprint density at radius 3 is 2.71 bits per heavy atom. The zero-order valence-electron chi connectivity index (χ0n) is 18.4. The van der Waals surface area contributed by atoms with Gasteiger partial charge in [0, 0.05) is 29.7 Å². The summed E-state index contributed by atoms with van der Waals surface area (Å²) in [5.41, 5.74) is 2.26. The third-order valence-electron chi connectivity index (χ3n) is 6.50. The van der Waals surface area contributed by atoms with Crippen LogP contribution in [0.15, 0.2) is 30.3 Å². The lowest BCUT2D eigenvalue weighted by Crippen LogP contribution is -2.51. The van der Waals surface area contributed by atoms with Crippen molar-refractivity contribution in [2.45, 2.75) is 64.5 Å². The Labute approximate surface area is 189 Å². The predicted octanol–water partition coefficient (Wildman–Crippen LogP) is 4.79. The lowest BCUT2D eigenvalue weighted by molar-refractivity contribution is -0.135. The van der Waals surface area contributed by atoms with Crippen LogP contribution < -0.4 is 0 Å². The molecule has 0 radical (unpaired) electrons. The van der Waals surface area contributed by atoms with E-state index in [0.717, 1.165) is 49.9 Å². The largest absolute Gasteiger partial charge is 0.338 e. The molecule has 6 nitrogen and oxygen atoms in total. The number of piperidine rings is 1. The van der Waals surface area contributed by atoms with Crippen molar-refractivity contribution in [1.82, 2.24) is 19.6 Å². The van der Waals surface area contributed by atoms with Gasteiger partial charge in [-0.1, -0.05) is 43.5 Å². The number of benzene rings is 1. The van der Waals surface area contributed by atoms with Gasteiger partial charge in [-0.05, 0) is 50.8 Å². The van der Waals surface area contributed by atoms with Gasteiger partial charge in [-0.15, -0.1) is 0 Å². The number of aromatic nitrogens is 2. The Morgan fingerprint density at radius 2 is 2.00 bits per heavy atom. The smallest absolute Gasteiger partial charge is 0.272 e. The lowest BCUT2D eigenvalue weighted by Gasteiger charge is -2.37. The molecule has 1 aromatic carbocycles. The molecule has 1 fully saturated rings. The van der Waals surface area contributed by atoms with E-state index in [1.165, 1.54) is 6.42 Å². The molecule has 1 aromatic heterocycles. The summed E-state index contributed by atoms with van der Waals surface area (Å²) in [6, 6.07) is 9.68. The summed E-state index contributed by atoms with van der Waals surface area (Å²) in [5, 5.41) is 5.45. The highest BCUT2D eigenvalue weighted by Crippen LogP contribution is 2.30. The standard InChI is InChI=1S/C24H31ClN4O2/c1-3-4-8-20-15-27(16-23(30)28-13-6-5-7-17(28)2)24(31)22-14-21(26-29(20)22)18-9-11-19(25)12-10-18/h9-12,14,17,20H,3-8,13,15-16H2,1-2H3/t17-,20?/m1/s1. The highest BCUT2D eigenvalue weighted by Gasteiger charge is 2.35. The molecule has 2 aliphatic heterocycles. The molecule has 0 bridgehead atoms. The van der Waals surface area contributed by atoms with Crippen molar-refractivity contribution in [1.29, 1.82) is 0 Å². The molecular weight excluding hydrogens is 412 g/mol. The normalized spacial score (nSPS) is 21.3. The minimum Gasteiger partial charge on any atom is -0.338 e. The quantitative estimate of drug-likeness (QED) is 0.646. The first-order valence-corrected chi connectivity index (χ1v) is 11.8. The first-order valence-electron chi connectivity index (χ1n) is 11.4. The summed E-state index contributed by atoms with van der Waals surface area (Å²) >= 11 is 6.02. The zero-order valence-corrected chi connectivity index (χ0v) is 19.1. The molecule has 0 aliphatic carbocycles. The molecule has 3 heterocycles. The van der Waals surface area contributed by atoms with E-state index in [9.17, 15) is 9.59 Å². The van der Waals surface area contributed by atoms with Gasteiger partial charge in [-0.3, -0.25) is 14.3 Å². The van der Waals surface area contributed by atoms with Crippen LogP contribution in [0.25, 0.3) is 11.3 Å². The summed E-state index contributed by atoms with van der Waals surface area (Å²) < 4.78 is 1.88. The second-order valence-corrected chi connectivity index (χ2v) is 9.22. The highest BCUT2D eigenvalue weighted by molar-refractivity contribution is 6.30. The average molecular weight is 443 g/mol. The van der Waals surface area contributed by atoms with Gasteiger partial charge in [0.15, 0.2) is 0 Å². The molecule has 2 atom stereocenters. The van der Waals surface area contributed by atoms with Crippen molar-refractivity contribution >= 4 is 23.4 Å². The molecule has 2 aromatic rings. The summed E-state index contributed by atoms with van der Waals surface area (Å²) in [4.78, 5) is 30.0. The topological polar surface area (TPSA) is 58.4 Å². The number of carbonyl (C=O) groups excluding carboxylic acids is 2. The Bertz CT molecular complexity index is 940. The maximum Gasteiger partial charge on any atom is 0.272 e. The molecule has 1 saturated heterocycles. The molecule has 7 heteroatoms. The van der Waals surface area contributed by atoms with Crippen molar-refractivity contribution in [3.63, 3.8) is 0 Å². The van der Waals surface area contributed by atoms with E-state index in [-0.39, 0.29) is 30.4 Å². The molecule has 31 heavy (non-hydrogen) atoms. The number of hydrogen-bond donors (Lipinski definition) is 0. The number of fused-ring (bicyclic) bond motifs is 1. The number of carbonyl (C=O) groups is 2. The van der Waals surface area contributed by atoms with E-state index in [4.69, 9.17) is 16.7 Å². The fraction of sp³-hybridized carbons (Fsp3) is 0.542. The Balaban J connectivity index is 1.59. The van der Waals surface area contributed by atoms with Crippen LogP contribution in [0.2, 0.25) is 5.02 Å². The zero-order chi connectivity index (χ0) is 22.0. The van der Waals surface area contributed by atoms with E-state index in [2.05, 4.69) is 13.8 Å². The maximum atomic E-state index is 13.3. The number of nitrogens with zero attached hydrogens (tertiary/aromatic N) is 4. The van der Waals surface area contributed by atoms with Crippen LogP contribution in [-0.4, -0.2) is 57.1 Å². The fourth-order valence-electron chi connectivity index (χ4n) is 4.68. The van der Waals surface area contributed by atoms with Crippen LogP contribution in [0.4, 0.5) is 0 Å². The van der Waals surface area contributed by atoms with Gasteiger partial charge in [-0.2, -0.15) is 5.10 Å². The molecule has 0 N–H and O–H groups in total. The van der Waals surface area contributed by atoms with Crippen molar-refractivity contribution in [2.24, 2.45) is 0 Å². The Morgan fingerprint density at radius 1 is 1.23 bits per heavy atom. The summed E-state index contributed by atoms with van der Waals surface area (Å²) in [6.07, 6.45) is 6.31. The van der Waals surface area contributed by atoms with Crippen molar-refractivity contribution in [3.8, 4) is 11.3 Å². The molecule has 0 saturated carbocycles. The van der Waals surface area contributed by atoms with Crippen LogP contribution in [0.5, 0.6) is 0 Å². The molecule has 0 spiro atoms. The van der Waals surface area contributed by atoms with Crippen LogP contribution in [0.1, 0.15) is 68.9 Å². The Hall–Kier alpha value is -2.34. The molecule has 1 unspecified atom stereocenters. The van der Waals surface area contributed by atoms with Gasteiger partial charge < -0.3 is 9.80 Å². The average Bonchev–Trinajstić information content (AvgIpc) is 3.21. The van der Waals surface area contributed by atoms with Gasteiger partial charge in [-0.25, -0.2) is 0 Å². The number of unbranched alkanes of at least 4 members (excludes halogenated alkanes) is 1. The van der Waals surface area contributed by atoms with Crippen LogP contribution >= 0.6 is 11.6 Å². The van der Waals surface area contributed by atoms with Gasteiger partial charge >= 0.3 is 0 Å². The van der Waals surface area contributed by atoms with Crippen LogP contribution in [0, 0.1) is 0 Å². The van der Waals surface area contributed by atoms with Crippen LogP contribution in [0.3, 0.4) is 0 Å². The molecule has 2 amide bonds. The summed E-state index contributed by atoms with van der Waals surface area (Å²) in [6.45, 7) is 5.73. The molecule has 2 aliphatic rings. The number of amides is 2. The van der Waals surface area contributed by atoms with E-state index in [1.54, 1.807) is 4.90 Å². The molecular formula is C24H31ClN4O2. The third kappa shape index (κ3) is 4.64. The molecule has 166 valence electrons. The predicted molar refractivity (Wildman–Crippen MR) is 122 cm³/mol. The fourth-order valence-corrected chi connectivity index (χ4v) is 4.81. The molecule has 4 rings (SSSR count). The lowest BCUT2D eigenvalue weighted by atomic mass is 10.0. The minimum atomic E-state index is -0.113. The van der Waals surface area contributed by atoms with E-state index >= 15 is 0 Å². The van der Waals surface area contributed by atoms with Gasteiger partial charge in [0.05, 0.1) is 11.7 Å². The van der Waals surface area contributed by atoms with E-state index < -0.39 is 0 Å². The second-order valence-electron chi connectivity index (χ2n) is 8.78. The number of hydrogen-bond acceptors (Lipinski definition) is 3. The SMILES string of the molecule is CCCCC1CN(CC(=O)N2CCCC[C@H]2C)C(=O)c2cc(-c3ccc(Cl)cc3)nn21. The van der Waals surface area contributed by atoms with E-state index in [0.29, 0.717) is 17.3 Å². The van der Waals surface area contributed by atoms with Gasteiger partial charge in [0.1, 0.15) is 12.2 Å². The van der Waals surface area contributed by atoms with Crippen molar-refractivity contribution < 1.29 is 9.59 Å². The number of halogens is 1. The minimum absolute atomic E-state index is 0.0562.